The molecule has 2 aliphatic rings. The average molecular weight is 368 g/mol. The van der Waals surface area contributed by atoms with E-state index in [1.54, 1.807) is 0 Å². The maximum atomic E-state index is 12.2. The molecule has 0 bridgehead atoms. The highest BCUT2D eigenvalue weighted by Gasteiger charge is 2.34. The minimum atomic E-state index is 0.121. The second kappa shape index (κ2) is 7.57. The van der Waals surface area contributed by atoms with Crippen molar-refractivity contribution in [3.63, 3.8) is 0 Å². The Morgan fingerprint density at radius 2 is 1.95 bits per heavy atom. The fourth-order valence-corrected chi connectivity index (χ4v) is 3.73. The van der Waals surface area contributed by atoms with Crippen LogP contribution in [0.4, 0.5) is 0 Å². The number of hydrogen-bond donors (Lipinski definition) is 1. The molecule has 1 N–H and O–H groups in total. The second-order valence-electron chi connectivity index (χ2n) is 5.99. The van der Waals surface area contributed by atoms with E-state index in [9.17, 15) is 4.79 Å². The summed E-state index contributed by atoms with van der Waals surface area (Å²) >= 11 is 3.52. The van der Waals surface area contributed by atoms with Crippen molar-refractivity contribution in [1.29, 1.82) is 0 Å². The van der Waals surface area contributed by atoms with Gasteiger partial charge in [-0.05, 0) is 37.3 Å². The highest BCUT2D eigenvalue weighted by atomic mass is 79.9. The fraction of sp³-hybridized carbons (Fsp3) is 0.588. The zero-order valence-electron chi connectivity index (χ0n) is 12.6. The van der Waals surface area contributed by atoms with E-state index >= 15 is 0 Å². The molecule has 1 heterocycles. The number of benzene rings is 1. The topological polar surface area (TPSA) is 47.6 Å². The van der Waals surface area contributed by atoms with E-state index < -0.39 is 0 Å². The number of nitrogens with one attached hydrogen (secondary N) is 1. The van der Waals surface area contributed by atoms with Crippen LogP contribution in [0.15, 0.2) is 28.7 Å². The van der Waals surface area contributed by atoms with Gasteiger partial charge in [0.1, 0.15) is 0 Å². The summed E-state index contributed by atoms with van der Waals surface area (Å²) in [5, 5.41) is 3.15. The van der Waals surface area contributed by atoms with Crippen LogP contribution in [0.2, 0.25) is 0 Å². The van der Waals surface area contributed by atoms with E-state index in [0.29, 0.717) is 19.6 Å². The van der Waals surface area contributed by atoms with Crippen LogP contribution in [0, 0.1) is 0 Å². The van der Waals surface area contributed by atoms with Gasteiger partial charge in [-0.15, -0.1) is 0 Å². The number of carbonyl (C=O) groups is 1. The largest absolute Gasteiger partial charge is 0.373 e. The number of amides is 1. The Hall–Kier alpha value is -0.910. The van der Waals surface area contributed by atoms with Crippen LogP contribution >= 0.6 is 15.9 Å². The van der Waals surface area contributed by atoms with E-state index in [1.807, 2.05) is 18.2 Å². The highest BCUT2D eigenvalue weighted by molar-refractivity contribution is 9.10. The monoisotopic (exact) mass is 367 g/mol. The summed E-state index contributed by atoms with van der Waals surface area (Å²) in [6.07, 6.45) is 4.46. The van der Waals surface area contributed by atoms with Gasteiger partial charge in [-0.3, -0.25) is 4.79 Å². The Kier molecular flexibility index (Phi) is 5.50. The molecule has 1 aliphatic carbocycles. The Morgan fingerprint density at radius 3 is 2.77 bits per heavy atom. The maximum absolute atomic E-state index is 12.2. The molecule has 0 aromatic heterocycles. The number of halogens is 1. The summed E-state index contributed by atoms with van der Waals surface area (Å²) in [6.45, 7) is 1.37. The lowest BCUT2D eigenvalue weighted by Crippen LogP contribution is -2.49. The molecule has 3 atom stereocenters. The van der Waals surface area contributed by atoms with Crippen molar-refractivity contribution < 1.29 is 14.3 Å². The van der Waals surface area contributed by atoms with Gasteiger partial charge in [-0.2, -0.15) is 0 Å². The third-order valence-electron chi connectivity index (χ3n) is 4.42. The number of hydrogen-bond acceptors (Lipinski definition) is 3. The van der Waals surface area contributed by atoms with E-state index in [1.165, 1.54) is 5.56 Å². The predicted octanol–water partition coefficient (Wildman–Crippen LogP) is 2.83. The molecule has 1 saturated heterocycles. The van der Waals surface area contributed by atoms with Gasteiger partial charge < -0.3 is 14.8 Å². The molecular weight excluding hydrogens is 346 g/mol. The van der Waals surface area contributed by atoms with Crippen molar-refractivity contribution in [2.75, 3.05) is 13.2 Å². The molecule has 1 aliphatic heterocycles. The SMILES string of the molecule is O=C(CCc1ccccc1Br)N[C@@H]1CC[C@H]2OCCO[C@@H]2C1. The van der Waals surface area contributed by atoms with Crippen LogP contribution in [0.25, 0.3) is 0 Å². The van der Waals surface area contributed by atoms with Gasteiger partial charge in [0, 0.05) is 16.9 Å². The van der Waals surface area contributed by atoms with Gasteiger partial charge >= 0.3 is 0 Å². The molecule has 2 fully saturated rings. The second-order valence-corrected chi connectivity index (χ2v) is 6.84. The normalized spacial score (nSPS) is 28.0. The molecule has 1 amide bonds. The molecular formula is C17H22BrNO3. The quantitative estimate of drug-likeness (QED) is 0.889. The van der Waals surface area contributed by atoms with Crippen LogP contribution in [0.3, 0.4) is 0 Å². The Bertz CT molecular complexity index is 522. The molecule has 0 unspecified atom stereocenters. The molecule has 0 spiro atoms. The van der Waals surface area contributed by atoms with Crippen molar-refractivity contribution in [3.05, 3.63) is 34.3 Å². The van der Waals surface area contributed by atoms with Gasteiger partial charge in [-0.1, -0.05) is 34.1 Å². The third kappa shape index (κ3) is 4.09. The Morgan fingerprint density at radius 1 is 1.18 bits per heavy atom. The van der Waals surface area contributed by atoms with Crippen LogP contribution in [-0.4, -0.2) is 37.4 Å². The fourth-order valence-electron chi connectivity index (χ4n) is 3.25. The van der Waals surface area contributed by atoms with Gasteiger partial charge in [0.15, 0.2) is 0 Å². The van der Waals surface area contributed by atoms with E-state index in [-0.39, 0.29) is 24.2 Å². The molecule has 1 saturated carbocycles. The van der Waals surface area contributed by atoms with E-state index in [0.717, 1.165) is 30.2 Å². The third-order valence-corrected chi connectivity index (χ3v) is 5.20. The van der Waals surface area contributed by atoms with Crippen molar-refractivity contribution in [2.24, 2.45) is 0 Å². The number of aryl methyl sites for hydroxylation is 1. The molecule has 1 aromatic rings. The molecule has 1 aromatic carbocycles. The summed E-state index contributed by atoms with van der Waals surface area (Å²) in [5.41, 5.74) is 1.17. The zero-order valence-corrected chi connectivity index (χ0v) is 14.2. The highest BCUT2D eigenvalue weighted by Crippen LogP contribution is 2.27. The Labute approximate surface area is 139 Å². The van der Waals surface area contributed by atoms with Gasteiger partial charge in [0.2, 0.25) is 5.91 Å². The minimum Gasteiger partial charge on any atom is -0.373 e. The smallest absolute Gasteiger partial charge is 0.220 e. The van der Waals surface area contributed by atoms with Crippen LogP contribution in [0.5, 0.6) is 0 Å². The summed E-state index contributed by atoms with van der Waals surface area (Å²) in [4.78, 5) is 12.2. The van der Waals surface area contributed by atoms with Gasteiger partial charge in [0.25, 0.3) is 0 Å². The molecule has 3 rings (SSSR count). The maximum Gasteiger partial charge on any atom is 0.220 e. The lowest BCUT2D eigenvalue weighted by atomic mass is 9.89. The molecule has 22 heavy (non-hydrogen) atoms. The van der Waals surface area contributed by atoms with Crippen molar-refractivity contribution in [1.82, 2.24) is 5.32 Å². The minimum absolute atomic E-state index is 0.121. The lowest BCUT2D eigenvalue weighted by Gasteiger charge is -2.39. The first-order valence-corrected chi connectivity index (χ1v) is 8.77. The van der Waals surface area contributed by atoms with Crippen LogP contribution in [0.1, 0.15) is 31.2 Å². The van der Waals surface area contributed by atoms with Crippen LogP contribution in [-0.2, 0) is 20.7 Å². The first-order valence-electron chi connectivity index (χ1n) is 7.98. The van der Waals surface area contributed by atoms with Crippen LogP contribution < -0.4 is 5.32 Å². The number of rotatable bonds is 4. The molecule has 120 valence electrons. The zero-order chi connectivity index (χ0) is 15.4. The lowest BCUT2D eigenvalue weighted by molar-refractivity contribution is -0.158. The average Bonchev–Trinajstić information content (AvgIpc) is 2.54. The van der Waals surface area contributed by atoms with Gasteiger partial charge in [0.05, 0.1) is 25.4 Å². The van der Waals surface area contributed by atoms with Gasteiger partial charge in [-0.25, -0.2) is 0 Å². The molecule has 0 radical (unpaired) electrons. The van der Waals surface area contributed by atoms with Crippen molar-refractivity contribution in [3.8, 4) is 0 Å². The first-order chi connectivity index (χ1) is 10.7. The summed E-state index contributed by atoms with van der Waals surface area (Å²) in [5.74, 6) is 0.121. The predicted molar refractivity (Wildman–Crippen MR) is 87.7 cm³/mol. The summed E-state index contributed by atoms with van der Waals surface area (Å²) < 4.78 is 12.5. The van der Waals surface area contributed by atoms with Crippen molar-refractivity contribution in [2.45, 2.75) is 50.4 Å². The number of carbonyl (C=O) groups excluding carboxylic acids is 1. The Balaban J connectivity index is 1.45. The van der Waals surface area contributed by atoms with E-state index in [2.05, 4.69) is 27.3 Å². The molecule has 5 heteroatoms. The van der Waals surface area contributed by atoms with Crippen molar-refractivity contribution >= 4 is 21.8 Å². The summed E-state index contributed by atoms with van der Waals surface area (Å²) in [7, 11) is 0. The molecule has 4 nitrogen and oxygen atoms in total. The standard InChI is InChI=1S/C17H22BrNO3/c18-14-4-2-1-3-12(14)5-8-17(20)19-13-6-7-15-16(11-13)22-10-9-21-15/h1-4,13,15-16H,5-11H2,(H,19,20)/t13-,15-,16-/m1/s1. The first kappa shape index (κ1) is 16.0. The summed E-state index contributed by atoms with van der Waals surface area (Å²) in [6, 6.07) is 8.26. The van der Waals surface area contributed by atoms with E-state index in [4.69, 9.17) is 9.47 Å². The number of ether oxygens (including phenoxy) is 2. The number of fused-ring (bicyclic) bond motifs is 1.